The van der Waals surface area contributed by atoms with Crippen LogP contribution in [0.3, 0.4) is 0 Å². The van der Waals surface area contributed by atoms with Crippen molar-refractivity contribution < 1.29 is 29.2 Å². The molecule has 186 valence electrons. The molecule has 2 aliphatic heterocycles. The highest BCUT2D eigenvalue weighted by Crippen LogP contribution is 2.56. The van der Waals surface area contributed by atoms with Gasteiger partial charge in [0.1, 0.15) is 28.4 Å². The average Bonchev–Trinajstić information content (AvgIpc) is 2.81. The van der Waals surface area contributed by atoms with E-state index in [9.17, 15) is 15.0 Å². The molecule has 2 atom stereocenters. The molecule has 0 spiro atoms. The number of carbonyl (C=O) groups excluding carboxylic acids is 1. The molecule has 36 heavy (non-hydrogen) atoms. The summed E-state index contributed by atoms with van der Waals surface area (Å²) in [7, 11) is 1.61. The van der Waals surface area contributed by atoms with Gasteiger partial charge in [-0.2, -0.15) is 0 Å². The number of ether oxygens (including phenoxy) is 3. The summed E-state index contributed by atoms with van der Waals surface area (Å²) in [5, 5.41) is 20.8. The van der Waals surface area contributed by atoms with Crippen LogP contribution in [-0.2, 0) is 16.6 Å². The number of aryl methyl sites for hydroxylation is 1. The number of phenols is 2. The first kappa shape index (κ1) is 23.5. The van der Waals surface area contributed by atoms with Crippen LogP contribution in [-0.4, -0.2) is 28.9 Å². The summed E-state index contributed by atoms with van der Waals surface area (Å²) in [6.45, 7) is 7.70. The Morgan fingerprint density at radius 1 is 1.06 bits per heavy atom. The normalized spacial score (nSPS) is 22.6. The molecule has 2 unspecified atom stereocenters. The van der Waals surface area contributed by atoms with E-state index in [-0.39, 0.29) is 15.6 Å². The molecule has 2 bridgehead atoms. The molecule has 2 N–H and O–H groups in total. The summed E-state index contributed by atoms with van der Waals surface area (Å²) < 4.78 is 18.2. The Morgan fingerprint density at radius 2 is 1.78 bits per heavy atom. The second-order valence-electron chi connectivity index (χ2n) is 10.4. The van der Waals surface area contributed by atoms with Crippen LogP contribution in [0, 0.1) is 6.92 Å². The van der Waals surface area contributed by atoms with Crippen molar-refractivity contribution in [3.63, 3.8) is 0 Å². The smallest absolute Gasteiger partial charge is 0.212 e. The molecule has 0 saturated carbocycles. The predicted molar refractivity (Wildman–Crippen MR) is 135 cm³/mol. The van der Waals surface area contributed by atoms with Crippen LogP contribution >= 0.6 is 23.2 Å². The van der Waals surface area contributed by atoms with Crippen LogP contribution in [0.25, 0.3) is 0 Å². The maximum absolute atomic E-state index is 13.8. The molecule has 6 rings (SSSR count). The summed E-state index contributed by atoms with van der Waals surface area (Å²) in [6, 6.07) is 7.65. The Balaban J connectivity index is 1.61. The monoisotopic (exact) mass is 526 g/mol. The number of halogens is 2. The van der Waals surface area contributed by atoms with Crippen molar-refractivity contribution in [1.82, 2.24) is 0 Å². The minimum atomic E-state index is -0.903. The summed E-state index contributed by atoms with van der Waals surface area (Å²) in [6.07, 6.45) is 0.0145. The highest BCUT2D eigenvalue weighted by Gasteiger charge is 2.48. The van der Waals surface area contributed by atoms with E-state index in [4.69, 9.17) is 37.4 Å². The number of hydrogen-bond acceptors (Lipinski definition) is 6. The topological polar surface area (TPSA) is 85.2 Å². The molecule has 8 heteroatoms. The van der Waals surface area contributed by atoms with Gasteiger partial charge < -0.3 is 24.4 Å². The fourth-order valence-corrected chi connectivity index (χ4v) is 6.65. The SMILES string of the molecule is COc1cc(C)c2c(c1)OC1(C)Cc3cc4c(cc3C2O1)C(=O)c1c(O)c(Cl)c(O)c(Cl)c1C4(C)C. The second-order valence-corrected chi connectivity index (χ2v) is 11.1. The van der Waals surface area contributed by atoms with E-state index in [1.807, 2.05) is 52.0 Å². The van der Waals surface area contributed by atoms with Crippen LogP contribution in [0.1, 0.15) is 76.2 Å². The lowest BCUT2D eigenvalue weighted by Crippen LogP contribution is -2.47. The Labute approximate surface area is 218 Å². The van der Waals surface area contributed by atoms with Gasteiger partial charge in [0.25, 0.3) is 0 Å². The zero-order valence-electron chi connectivity index (χ0n) is 20.4. The van der Waals surface area contributed by atoms with E-state index < -0.39 is 34.6 Å². The van der Waals surface area contributed by atoms with Gasteiger partial charge in [0.15, 0.2) is 11.5 Å². The minimum Gasteiger partial charge on any atom is -0.505 e. The highest BCUT2D eigenvalue weighted by molar-refractivity contribution is 6.40. The van der Waals surface area contributed by atoms with Crippen molar-refractivity contribution in [2.24, 2.45) is 0 Å². The molecule has 6 nitrogen and oxygen atoms in total. The fraction of sp³-hybridized carbons (Fsp3) is 0.321. The lowest BCUT2D eigenvalue weighted by molar-refractivity contribution is -0.216. The molecule has 2 heterocycles. The van der Waals surface area contributed by atoms with E-state index in [0.717, 1.165) is 27.8 Å². The number of methoxy groups -OCH3 is 1. The Hall–Kier alpha value is -2.93. The molecular weight excluding hydrogens is 503 g/mol. The van der Waals surface area contributed by atoms with E-state index in [0.29, 0.717) is 29.0 Å². The number of rotatable bonds is 1. The van der Waals surface area contributed by atoms with Crippen molar-refractivity contribution in [2.45, 2.75) is 51.4 Å². The number of hydrogen-bond donors (Lipinski definition) is 2. The van der Waals surface area contributed by atoms with Crippen LogP contribution < -0.4 is 9.47 Å². The van der Waals surface area contributed by atoms with Gasteiger partial charge in [-0.15, -0.1) is 0 Å². The first-order valence-electron chi connectivity index (χ1n) is 11.6. The number of aromatic hydroxyl groups is 2. The molecule has 3 aromatic carbocycles. The van der Waals surface area contributed by atoms with E-state index in [1.54, 1.807) is 7.11 Å². The van der Waals surface area contributed by atoms with Gasteiger partial charge in [-0.25, -0.2) is 0 Å². The average molecular weight is 527 g/mol. The quantitative estimate of drug-likeness (QED) is 0.383. The highest BCUT2D eigenvalue weighted by atomic mass is 35.5. The van der Waals surface area contributed by atoms with Gasteiger partial charge in [0.2, 0.25) is 5.79 Å². The standard InChI is InChI=1S/C28H24Cl2O6/c1-11-6-13(34-5)8-17-18(11)26-14-9-15-16(7-12(14)10-28(4,35-17)36-26)27(2,3)20-19(23(15)31)24(32)22(30)25(33)21(20)29/h6-9,26,32-33H,10H2,1-5H3. The van der Waals surface area contributed by atoms with Gasteiger partial charge in [0.05, 0.1) is 17.7 Å². The zero-order valence-corrected chi connectivity index (χ0v) is 21.9. The van der Waals surface area contributed by atoms with Gasteiger partial charge in [-0.1, -0.05) is 43.1 Å². The van der Waals surface area contributed by atoms with Crippen LogP contribution in [0.4, 0.5) is 0 Å². The summed E-state index contributed by atoms with van der Waals surface area (Å²) >= 11 is 12.6. The first-order chi connectivity index (χ1) is 16.9. The third-order valence-electron chi connectivity index (χ3n) is 7.69. The maximum Gasteiger partial charge on any atom is 0.212 e. The number of benzene rings is 3. The molecule has 3 aromatic rings. The lowest BCUT2D eigenvalue weighted by Gasteiger charge is -2.46. The Kier molecular flexibility index (Phi) is 4.77. The summed E-state index contributed by atoms with van der Waals surface area (Å²) in [4.78, 5) is 13.8. The van der Waals surface area contributed by atoms with Crippen molar-refractivity contribution >= 4 is 29.0 Å². The number of carbonyl (C=O) groups is 1. The Morgan fingerprint density at radius 3 is 2.47 bits per heavy atom. The van der Waals surface area contributed by atoms with Gasteiger partial charge in [-0.05, 0) is 46.9 Å². The summed E-state index contributed by atoms with van der Waals surface area (Å²) in [5.74, 6) is -0.837. The fourth-order valence-electron chi connectivity index (χ4n) is 5.99. The predicted octanol–water partition coefficient (Wildman–Crippen LogP) is 6.36. The third kappa shape index (κ3) is 2.92. The van der Waals surface area contributed by atoms with Crippen LogP contribution in [0.2, 0.25) is 10.0 Å². The first-order valence-corrected chi connectivity index (χ1v) is 12.3. The van der Waals surface area contributed by atoms with Crippen LogP contribution in [0.15, 0.2) is 24.3 Å². The number of fused-ring (bicyclic) bond motifs is 8. The van der Waals surface area contributed by atoms with Gasteiger partial charge in [0, 0.05) is 36.0 Å². The van der Waals surface area contributed by atoms with Gasteiger partial charge >= 0.3 is 0 Å². The number of ketones is 1. The molecule has 3 aliphatic rings. The molecule has 0 saturated heterocycles. The second kappa shape index (κ2) is 7.31. The van der Waals surface area contributed by atoms with Crippen molar-refractivity contribution in [3.8, 4) is 23.0 Å². The number of phenolic OH excluding ortho intramolecular Hbond substituents is 2. The molecular formula is C28H24Cl2O6. The van der Waals surface area contributed by atoms with Crippen molar-refractivity contribution in [1.29, 1.82) is 0 Å². The van der Waals surface area contributed by atoms with E-state index in [1.165, 1.54) is 0 Å². The molecule has 0 amide bonds. The third-order valence-corrected chi connectivity index (χ3v) is 8.41. The molecule has 0 fully saturated rings. The molecule has 0 aromatic heterocycles. The lowest BCUT2D eigenvalue weighted by atomic mass is 9.66. The molecule has 1 aliphatic carbocycles. The largest absolute Gasteiger partial charge is 0.505 e. The zero-order chi connectivity index (χ0) is 25.9. The van der Waals surface area contributed by atoms with Gasteiger partial charge in [-0.3, -0.25) is 4.79 Å². The Bertz CT molecular complexity index is 1530. The maximum atomic E-state index is 13.8. The minimum absolute atomic E-state index is 0.00936. The van der Waals surface area contributed by atoms with Crippen LogP contribution in [0.5, 0.6) is 23.0 Å². The molecule has 0 radical (unpaired) electrons. The van der Waals surface area contributed by atoms with Crippen molar-refractivity contribution in [2.75, 3.05) is 7.11 Å². The van der Waals surface area contributed by atoms with E-state index in [2.05, 4.69) is 0 Å². The van der Waals surface area contributed by atoms with Crippen molar-refractivity contribution in [3.05, 3.63) is 78.8 Å². The van der Waals surface area contributed by atoms with E-state index >= 15 is 0 Å². The summed E-state index contributed by atoms with van der Waals surface area (Å²) in [5.41, 5.74) is 4.44.